The summed E-state index contributed by atoms with van der Waals surface area (Å²) in [5.74, 6) is 2.29. The van der Waals surface area contributed by atoms with Crippen molar-refractivity contribution in [1.82, 2.24) is 4.98 Å². The van der Waals surface area contributed by atoms with Gasteiger partial charge in [-0.2, -0.15) is 0 Å². The Bertz CT molecular complexity index is 346. The van der Waals surface area contributed by atoms with E-state index in [9.17, 15) is 0 Å². The minimum Gasteiger partial charge on any atom is -0.377 e. The van der Waals surface area contributed by atoms with Gasteiger partial charge in [0.15, 0.2) is 0 Å². The quantitative estimate of drug-likeness (QED) is 0.136. The molecule has 0 aromatic heterocycles. The monoisotopic (exact) mass is 489 g/mol. The molecule has 0 aliphatic heterocycles. The minimum absolute atomic E-state index is 0.597. The smallest absolute Gasteiger partial charge is 0.377 e. The number of unbranched alkanes of at least 4 members (excludes halogenated alkanes) is 3. The first-order chi connectivity index (χ1) is 14.1. The lowest BCUT2D eigenvalue weighted by atomic mass is 10.2. The second kappa shape index (κ2) is 19.5. The summed E-state index contributed by atoms with van der Waals surface area (Å²) >= 11 is 0. The normalized spacial score (nSPS) is 12.6. The average molecular weight is 490 g/mol. The van der Waals surface area contributed by atoms with E-state index in [-0.39, 0.29) is 0 Å². The molecule has 0 radical (unpaired) electrons. The Kier molecular flexibility index (Phi) is 20.1. The van der Waals surface area contributed by atoms with Crippen molar-refractivity contribution in [2.45, 2.75) is 58.9 Å². The summed E-state index contributed by atoms with van der Waals surface area (Å²) in [7, 11) is 3.81. The fraction of sp³-hybridized carbons (Fsp3) is 1.00. The summed E-state index contributed by atoms with van der Waals surface area (Å²) in [6.07, 6.45) is 5.86. The van der Waals surface area contributed by atoms with Crippen LogP contribution in [0.3, 0.4) is 0 Å². The largest absolute Gasteiger partial charge is 0.596 e. The Labute approximate surface area is 188 Å². The first-order valence-electron chi connectivity index (χ1n) is 10.6. The minimum atomic E-state index is -2.69. The number of hydrogen-bond acceptors (Lipinski definition) is 9. The molecule has 11 heteroatoms. The van der Waals surface area contributed by atoms with Gasteiger partial charge in [0.1, 0.15) is 0 Å². The van der Waals surface area contributed by atoms with Crippen molar-refractivity contribution < 1.29 is 26.6 Å². The highest BCUT2D eigenvalue weighted by Gasteiger charge is 2.41. The maximum atomic E-state index is 5.80. The van der Waals surface area contributed by atoms with Crippen LogP contribution in [0.5, 0.6) is 0 Å². The molecule has 0 unspecified atom stereocenters. The van der Waals surface area contributed by atoms with E-state index in [0.717, 1.165) is 31.2 Å². The topological polar surface area (TPSA) is 67.4 Å². The molecule has 0 aromatic rings. The van der Waals surface area contributed by atoms with E-state index in [1.54, 1.807) is 21.3 Å². The molecule has 0 heterocycles. The molecule has 0 rings (SSSR count). The van der Waals surface area contributed by atoms with Crippen LogP contribution in [0, 0.1) is 0 Å². The van der Waals surface area contributed by atoms with Crippen molar-refractivity contribution >= 4 is 39.4 Å². The Morgan fingerprint density at radius 2 is 1.14 bits per heavy atom. The Hall–Kier alpha value is 0.854. The van der Waals surface area contributed by atoms with Crippen LogP contribution in [0.4, 0.5) is 0 Å². The van der Waals surface area contributed by atoms with Crippen LogP contribution in [0.25, 0.3) is 0 Å². The van der Waals surface area contributed by atoms with E-state index >= 15 is 0 Å². The van der Waals surface area contributed by atoms with E-state index < -0.39 is 17.8 Å². The van der Waals surface area contributed by atoms with Crippen molar-refractivity contribution in [3.05, 3.63) is 0 Å². The van der Waals surface area contributed by atoms with Gasteiger partial charge < -0.3 is 26.6 Å². The van der Waals surface area contributed by atoms with Gasteiger partial charge in [-0.05, 0) is 46.6 Å². The third-order valence-corrected chi connectivity index (χ3v) is 12.3. The molecule has 0 aliphatic carbocycles. The fourth-order valence-corrected chi connectivity index (χ4v) is 9.14. The van der Waals surface area contributed by atoms with Crippen molar-refractivity contribution in [2.75, 3.05) is 59.2 Å². The molecule has 0 fully saturated rings. The third-order valence-electron chi connectivity index (χ3n) is 4.23. The SMILES string of the molecule is CCO[Si](NCCCCCCSSCCC[Si](OC)(OC)OC)(OCC)OCC. The van der Waals surface area contributed by atoms with Gasteiger partial charge in [0.05, 0.1) is 0 Å². The maximum Gasteiger partial charge on any atom is 0.596 e. The molecular formula is C18H43NO6S2Si2. The zero-order valence-corrected chi connectivity index (χ0v) is 22.9. The molecular weight excluding hydrogens is 447 g/mol. The van der Waals surface area contributed by atoms with Crippen LogP contribution in [-0.2, 0) is 26.6 Å². The average Bonchev–Trinajstić information content (AvgIpc) is 2.73. The number of rotatable bonds is 22. The molecule has 0 bridgehead atoms. The van der Waals surface area contributed by atoms with Crippen LogP contribution in [0.1, 0.15) is 52.9 Å². The molecule has 176 valence electrons. The number of hydrogen-bond donors (Lipinski definition) is 1. The first-order valence-corrected chi connectivity index (χ1v) is 16.8. The molecule has 0 saturated carbocycles. The second-order valence-electron chi connectivity index (χ2n) is 6.24. The van der Waals surface area contributed by atoms with Crippen molar-refractivity contribution in [3.8, 4) is 0 Å². The second-order valence-corrected chi connectivity index (χ2v) is 14.4. The molecule has 0 aromatic carbocycles. The summed E-state index contributed by atoms with van der Waals surface area (Å²) in [5, 5.41) is 0. The first kappa shape index (κ1) is 29.9. The van der Waals surface area contributed by atoms with Gasteiger partial charge in [-0.3, -0.25) is 4.98 Å². The summed E-state index contributed by atoms with van der Waals surface area (Å²) in [4.78, 5) is 3.42. The van der Waals surface area contributed by atoms with Crippen LogP contribution < -0.4 is 4.98 Å². The highest BCUT2D eigenvalue weighted by molar-refractivity contribution is 8.76. The number of nitrogens with one attached hydrogen (secondary N) is 1. The lowest BCUT2D eigenvalue weighted by Gasteiger charge is -2.28. The van der Waals surface area contributed by atoms with Gasteiger partial charge in [0.2, 0.25) is 0 Å². The summed E-state index contributed by atoms with van der Waals surface area (Å²) in [6, 6.07) is 0.868. The molecule has 7 nitrogen and oxygen atoms in total. The van der Waals surface area contributed by atoms with Crippen LogP contribution in [0.15, 0.2) is 0 Å². The predicted molar refractivity (Wildman–Crippen MR) is 128 cm³/mol. The Balaban J connectivity index is 3.70. The molecule has 0 atom stereocenters. The van der Waals surface area contributed by atoms with Gasteiger partial charge in [0.25, 0.3) is 0 Å². The van der Waals surface area contributed by atoms with Crippen LogP contribution in [-0.4, -0.2) is 77.0 Å². The van der Waals surface area contributed by atoms with Crippen LogP contribution >= 0.6 is 21.6 Å². The summed E-state index contributed by atoms with van der Waals surface area (Å²) in [6.45, 7) is 8.59. The van der Waals surface area contributed by atoms with Gasteiger partial charge >= 0.3 is 17.8 Å². The van der Waals surface area contributed by atoms with Crippen molar-refractivity contribution in [3.63, 3.8) is 0 Å². The van der Waals surface area contributed by atoms with E-state index in [1.807, 2.05) is 42.4 Å². The molecule has 0 saturated heterocycles. The summed E-state index contributed by atoms with van der Waals surface area (Å²) < 4.78 is 33.7. The van der Waals surface area contributed by atoms with Gasteiger partial charge in [0, 0.05) is 58.7 Å². The van der Waals surface area contributed by atoms with Gasteiger partial charge in [-0.25, -0.2) is 0 Å². The van der Waals surface area contributed by atoms with Crippen molar-refractivity contribution in [1.29, 1.82) is 0 Å². The fourth-order valence-electron chi connectivity index (χ4n) is 2.75. The maximum absolute atomic E-state index is 5.80. The van der Waals surface area contributed by atoms with Crippen molar-refractivity contribution in [2.24, 2.45) is 0 Å². The lowest BCUT2D eigenvalue weighted by molar-refractivity contribution is 0.0598. The van der Waals surface area contributed by atoms with E-state index in [2.05, 4.69) is 4.98 Å². The molecule has 0 amide bonds. The Morgan fingerprint density at radius 1 is 0.655 bits per heavy atom. The molecule has 1 N–H and O–H groups in total. The highest BCUT2D eigenvalue weighted by Crippen LogP contribution is 2.26. The van der Waals surface area contributed by atoms with Gasteiger partial charge in [-0.1, -0.05) is 34.4 Å². The lowest BCUT2D eigenvalue weighted by Crippen LogP contribution is -2.59. The molecule has 29 heavy (non-hydrogen) atoms. The van der Waals surface area contributed by atoms with Crippen LogP contribution in [0.2, 0.25) is 6.04 Å². The van der Waals surface area contributed by atoms with E-state index in [1.165, 1.54) is 25.0 Å². The third kappa shape index (κ3) is 13.8. The van der Waals surface area contributed by atoms with E-state index in [4.69, 9.17) is 26.6 Å². The zero-order chi connectivity index (χ0) is 21.8. The molecule has 0 spiro atoms. The highest BCUT2D eigenvalue weighted by atomic mass is 33.1. The van der Waals surface area contributed by atoms with E-state index in [0.29, 0.717) is 19.8 Å². The zero-order valence-electron chi connectivity index (χ0n) is 19.3. The summed E-state index contributed by atoms with van der Waals surface area (Å²) in [5.41, 5.74) is 0. The Morgan fingerprint density at radius 3 is 1.62 bits per heavy atom. The van der Waals surface area contributed by atoms with Gasteiger partial charge in [-0.15, -0.1) is 0 Å². The standard InChI is InChI=1S/C18H43NO6S2Si2/c1-7-23-29(24-8-2,25-9-3)19-15-12-10-11-13-16-26-27-17-14-18-28(20-4,21-5)22-6/h19H,7-18H2,1-6H3. The predicted octanol–water partition coefficient (Wildman–Crippen LogP) is 4.33. The molecule has 0 aliphatic rings.